The fourth-order valence-corrected chi connectivity index (χ4v) is 3.14. The average Bonchev–Trinajstić information content (AvgIpc) is 3.37. The van der Waals surface area contributed by atoms with Gasteiger partial charge in [0.2, 0.25) is 22.9 Å². The van der Waals surface area contributed by atoms with Gasteiger partial charge >= 0.3 is 0 Å². The Morgan fingerprint density at radius 1 is 1.30 bits per heavy atom. The first-order chi connectivity index (χ1) is 13.2. The van der Waals surface area contributed by atoms with Gasteiger partial charge in [-0.15, -0.1) is 0 Å². The van der Waals surface area contributed by atoms with Crippen LogP contribution in [0.15, 0.2) is 56.4 Å². The molecule has 0 N–H and O–H groups in total. The molecule has 1 aliphatic heterocycles. The van der Waals surface area contributed by atoms with Crippen molar-refractivity contribution in [3.8, 4) is 17.1 Å². The highest BCUT2D eigenvalue weighted by molar-refractivity contribution is 5.91. The van der Waals surface area contributed by atoms with Crippen LogP contribution in [0.3, 0.4) is 0 Å². The number of benzene rings is 1. The first-order valence-electron chi connectivity index (χ1n) is 8.54. The van der Waals surface area contributed by atoms with Gasteiger partial charge in [0.1, 0.15) is 12.3 Å². The van der Waals surface area contributed by atoms with E-state index in [0.29, 0.717) is 24.7 Å². The summed E-state index contributed by atoms with van der Waals surface area (Å²) in [4.78, 5) is 30.8. The van der Waals surface area contributed by atoms with Crippen molar-refractivity contribution >= 4 is 5.91 Å². The number of carbonyl (C=O) groups is 1. The number of nitrogens with zero attached hydrogens (tertiary/aromatic N) is 3. The first kappa shape index (κ1) is 17.0. The molecule has 1 fully saturated rings. The quantitative estimate of drug-likeness (QED) is 0.699. The molecule has 0 aliphatic carbocycles. The van der Waals surface area contributed by atoms with Gasteiger partial charge in [0, 0.05) is 18.2 Å². The summed E-state index contributed by atoms with van der Waals surface area (Å²) in [6.07, 6.45) is 2.63. The molecule has 3 aromatic rings. The summed E-state index contributed by atoms with van der Waals surface area (Å²) >= 11 is 0. The van der Waals surface area contributed by atoms with E-state index in [0.717, 1.165) is 24.3 Å². The molecule has 0 radical (unpaired) electrons. The summed E-state index contributed by atoms with van der Waals surface area (Å²) in [6.45, 7) is 0.516. The van der Waals surface area contributed by atoms with E-state index in [-0.39, 0.29) is 17.6 Å². The largest absolute Gasteiger partial charge is 0.490 e. The monoisotopic (exact) mass is 367 g/mol. The van der Waals surface area contributed by atoms with Gasteiger partial charge in [0.15, 0.2) is 5.76 Å². The second kappa shape index (κ2) is 7.06. The Kier molecular flexibility index (Phi) is 4.45. The molecule has 1 atom stereocenters. The number of rotatable bonds is 4. The van der Waals surface area contributed by atoms with Crippen molar-refractivity contribution in [3.63, 3.8) is 0 Å². The first-order valence-corrected chi connectivity index (χ1v) is 8.54. The minimum absolute atomic E-state index is 0.0458. The van der Waals surface area contributed by atoms with Crippen LogP contribution in [-0.4, -0.2) is 34.6 Å². The Morgan fingerprint density at radius 3 is 2.85 bits per heavy atom. The van der Waals surface area contributed by atoms with Crippen molar-refractivity contribution in [3.05, 3.63) is 64.5 Å². The number of carbonyl (C=O) groups excluding carboxylic acids is 1. The Bertz CT molecular complexity index is 1010. The number of hydrogen-bond donors (Lipinski definition) is 0. The molecule has 3 heterocycles. The lowest BCUT2D eigenvalue weighted by molar-refractivity contribution is 0.0674. The zero-order valence-corrected chi connectivity index (χ0v) is 14.6. The maximum Gasteiger partial charge on any atom is 0.290 e. The van der Waals surface area contributed by atoms with Gasteiger partial charge in [0.05, 0.1) is 7.11 Å². The highest BCUT2D eigenvalue weighted by Gasteiger charge is 2.35. The van der Waals surface area contributed by atoms with E-state index in [1.165, 1.54) is 7.11 Å². The van der Waals surface area contributed by atoms with E-state index in [4.69, 9.17) is 13.7 Å². The van der Waals surface area contributed by atoms with Crippen molar-refractivity contribution in [2.45, 2.75) is 18.9 Å². The summed E-state index contributed by atoms with van der Waals surface area (Å²) in [6, 6.07) is 10.3. The Hall–Kier alpha value is -3.42. The SMILES string of the molecule is COc1coc(C(=O)N2CCC[C@@H]2c2nc(-c3ccccc3)no2)cc1=O. The van der Waals surface area contributed by atoms with Gasteiger partial charge in [-0.05, 0) is 12.8 Å². The molecule has 138 valence electrons. The van der Waals surface area contributed by atoms with Crippen molar-refractivity contribution in [1.29, 1.82) is 0 Å². The van der Waals surface area contributed by atoms with Crippen LogP contribution in [0.2, 0.25) is 0 Å². The summed E-state index contributed by atoms with van der Waals surface area (Å²) in [7, 11) is 1.37. The molecule has 0 bridgehead atoms. The zero-order valence-electron chi connectivity index (χ0n) is 14.6. The lowest BCUT2D eigenvalue weighted by Crippen LogP contribution is -2.31. The van der Waals surface area contributed by atoms with Crippen molar-refractivity contribution in [1.82, 2.24) is 15.0 Å². The lowest BCUT2D eigenvalue weighted by atomic mass is 10.2. The second-order valence-corrected chi connectivity index (χ2v) is 6.16. The molecule has 1 aromatic carbocycles. The fraction of sp³-hybridized carbons (Fsp3) is 0.263. The van der Waals surface area contributed by atoms with E-state index in [1.807, 2.05) is 30.3 Å². The molecule has 4 rings (SSSR count). The molecule has 8 nitrogen and oxygen atoms in total. The molecule has 0 spiro atoms. The second-order valence-electron chi connectivity index (χ2n) is 6.16. The third-order valence-corrected chi connectivity index (χ3v) is 4.50. The fourth-order valence-electron chi connectivity index (χ4n) is 3.14. The predicted octanol–water partition coefficient (Wildman–Crippen LogP) is 2.68. The number of ether oxygens (including phenoxy) is 1. The maximum atomic E-state index is 12.8. The standard InChI is InChI=1S/C19H17N3O5/c1-25-16-11-26-15(10-14(16)23)19(24)22-9-5-8-13(22)18-20-17(21-27-18)12-6-3-2-4-7-12/h2-4,6-7,10-11,13H,5,8-9H2,1H3/t13-/m1/s1. The molecule has 1 aliphatic rings. The van der Waals surface area contributed by atoms with Crippen molar-refractivity contribution in [2.75, 3.05) is 13.7 Å². The van der Waals surface area contributed by atoms with Crippen LogP contribution in [0, 0.1) is 0 Å². The average molecular weight is 367 g/mol. The Balaban J connectivity index is 1.59. The highest BCUT2D eigenvalue weighted by atomic mass is 16.5. The van der Waals surface area contributed by atoms with Crippen LogP contribution >= 0.6 is 0 Å². The zero-order chi connectivity index (χ0) is 18.8. The molecule has 0 saturated carbocycles. The molecular formula is C19H17N3O5. The molecule has 1 saturated heterocycles. The number of likely N-dealkylation sites (tertiary alicyclic amines) is 1. The van der Waals surface area contributed by atoms with Gasteiger partial charge in [-0.3, -0.25) is 9.59 Å². The maximum absolute atomic E-state index is 12.8. The van der Waals surface area contributed by atoms with E-state index < -0.39 is 11.3 Å². The normalized spacial score (nSPS) is 16.5. The van der Waals surface area contributed by atoms with Gasteiger partial charge < -0.3 is 18.6 Å². The van der Waals surface area contributed by atoms with Gasteiger partial charge in [-0.2, -0.15) is 4.98 Å². The van der Waals surface area contributed by atoms with Crippen LogP contribution in [0.25, 0.3) is 11.4 Å². The molecular weight excluding hydrogens is 350 g/mol. The molecule has 27 heavy (non-hydrogen) atoms. The highest BCUT2D eigenvalue weighted by Crippen LogP contribution is 2.33. The van der Waals surface area contributed by atoms with Crippen LogP contribution in [0.1, 0.15) is 35.3 Å². The molecule has 1 amide bonds. The number of amides is 1. The third kappa shape index (κ3) is 3.21. The van der Waals surface area contributed by atoms with Crippen LogP contribution in [0.4, 0.5) is 0 Å². The summed E-state index contributed by atoms with van der Waals surface area (Å²) in [5, 5.41) is 4.02. The van der Waals surface area contributed by atoms with E-state index in [1.54, 1.807) is 4.90 Å². The third-order valence-electron chi connectivity index (χ3n) is 4.50. The molecule has 0 unspecified atom stereocenters. The Morgan fingerprint density at radius 2 is 2.11 bits per heavy atom. The summed E-state index contributed by atoms with van der Waals surface area (Å²) in [5.41, 5.74) is 0.427. The topological polar surface area (TPSA) is 98.7 Å². The van der Waals surface area contributed by atoms with Crippen LogP contribution < -0.4 is 10.2 Å². The predicted molar refractivity (Wildman–Crippen MR) is 94.3 cm³/mol. The minimum Gasteiger partial charge on any atom is -0.490 e. The van der Waals surface area contributed by atoms with Crippen LogP contribution in [-0.2, 0) is 0 Å². The van der Waals surface area contributed by atoms with Crippen molar-refractivity contribution < 1.29 is 18.5 Å². The lowest BCUT2D eigenvalue weighted by Gasteiger charge is -2.20. The number of hydrogen-bond acceptors (Lipinski definition) is 7. The van der Waals surface area contributed by atoms with Crippen molar-refractivity contribution in [2.24, 2.45) is 0 Å². The number of methoxy groups -OCH3 is 1. The van der Waals surface area contributed by atoms with Gasteiger partial charge in [-0.1, -0.05) is 35.5 Å². The smallest absolute Gasteiger partial charge is 0.290 e. The minimum atomic E-state index is -0.410. The summed E-state index contributed by atoms with van der Waals surface area (Å²) < 4.78 is 15.6. The van der Waals surface area contributed by atoms with Crippen LogP contribution in [0.5, 0.6) is 5.75 Å². The van der Waals surface area contributed by atoms with E-state index in [9.17, 15) is 9.59 Å². The molecule has 8 heteroatoms. The summed E-state index contributed by atoms with van der Waals surface area (Å²) in [5.74, 6) is 0.456. The van der Waals surface area contributed by atoms with Gasteiger partial charge in [0.25, 0.3) is 5.91 Å². The van der Waals surface area contributed by atoms with E-state index >= 15 is 0 Å². The van der Waals surface area contributed by atoms with Gasteiger partial charge in [-0.25, -0.2) is 0 Å². The Labute approximate surface area is 154 Å². The number of aromatic nitrogens is 2. The molecule has 2 aromatic heterocycles. The van der Waals surface area contributed by atoms with E-state index in [2.05, 4.69) is 10.1 Å².